The minimum Gasteiger partial charge on any atom is -0.486 e. The lowest BCUT2D eigenvalue weighted by atomic mass is 10.1. The Morgan fingerprint density at radius 1 is 1.43 bits per heavy atom. The van der Waals surface area contributed by atoms with E-state index in [0.29, 0.717) is 19.0 Å². The van der Waals surface area contributed by atoms with E-state index >= 15 is 0 Å². The zero-order valence-corrected chi connectivity index (χ0v) is 7.97. The highest BCUT2D eigenvalue weighted by molar-refractivity contribution is 6.31. The Morgan fingerprint density at radius 3 is 2.86 bits per heavy atom. The van der Waals surface area contributed by atoms with Crippen molar-refractivity contribution in [1.82, 2.24) is 0 Å². The predicted octanol–water partition coefficient (Wildman–Crippen LogP) is 1.74. The SMILES string of the molecule is OCc1c(F)c(Cl)cc2c1OCCO2. The highest BCUT2D eigenvalue weighted by atomic mass is 35.5. The Labute approximate surface area is 85.0 Å². The van der Waals surface area contributed by atoms with Crippen molar-refractivity contribution >= 4 is 11.6 Å². The molecule has 3 nitrogen and oxygen atoms in total. The van der Waals surface area contributed by atoms with E-state index in [4.69, 9.17) is 26.2 Å². The summed E-state index contributed by atoms with van der Waals surface area (Å²) in [7, 11) is 0. The van der Waals surface area contributed by atoms with E-state index in [-0.39, 0.29) is 16.3 Å². The van der Waals surface area contributed by atoms with Crippen LogP contribution in [0, 0.1) is 5.82 Å². The van der Waals surface area contributed by atoms with E-state index in [1.165, 1.54) is 6.07 Å². The second-order valence-electron chi connectivity index (χ2n) is 2.83. The fourth-order valence-electron chi connectivity index (χ4n) is 1.34. The molecule has 0 radical (unpaired) electrons. The zero-order chi connectivity index (χ0) is 10.1. The summed E-state index contributed by atoms with van der Waals surface area (Å²) in [4.78, 5) is 0. The minimum absolute atomic E-state index is 0.0483. The maximum absolute atomic E-state index is 13.4. The third-order valence-corrected chi connectivity index (χ3v) is 2.25. The third-order valence-electron chi connectivity index (χ3n) is 1.98. The summed E-state index contributed by atoms with van der Waals surface area (Å²) in [5.41, 5.74) is 0.0483. The first kappa shape index (κ1) is 9.55. The zero-order valence-electron chi connectivity index (χ0n) is 7.22. The van der Waals surface area contributed by atoms with Crippen molar-refractivity contribution < 1.29 is 19.0 Å². The molecule has 1 aliphatic rings. The van der Waals surface area contributed by atoms with Gasteiger partial charge in [-0.05, 0) is 0 Å². The Morgan fingerprint density at radius 2 is 2.14 bits per heavy atom. The molecule has 0 bridgehead atoms. The molecular weight excluding hydrogens is 211 g/mol. The van der Waals surface area contributed by atoms with Gasteiger partial charge in [-0.2, -0.15) is 0 Å². The molecule has 5 heteroatoms. The first-order valence-corrected chi connectivity index (χ1v) is 4.49. The second kappa shape index (κ2) is 3.63. The maximum atomic E-state index is 13.4. The van der Waals surface area contributed by atoms with Gasteiger partial charge in [-0.25, -0.2) is 4.39 Å². The first-order valence-electron chi connectivity index (χ1n) is 4.11. The lowest BCUT2D eigenvalue weighted by Crippen LogP contribution is -2.17. The van der Waals surface area contributed by atoms with Crippen LogP contribution in [-0.4, -0.2) is 18.3 Å². The molecule has 1 N–H and O–H groups in total. The molecule has 1 aromatic rings. The number of hydrogen-bond acceptors (Lipinski definition) is 3. The van der Waals surface area contributed by atoms with Crippen LogP contribution in [0.15, 0.2) is 6.07 Å². The fraction of sp³-hybridized carbons (Fsp3) is 0.333. The Balaban J connectivity index is 2.60. The Hall–Kier alpha value is -1.00. The van der Waals surface area contributed by atoms with Crippen molar-refractivity contribution in [2.45, 2.75) is 6.61 Å². The summed E-state index contributed by atoms with van der Waals surface area (Å²) in [5.74, 6) is -0.0224. The second-order valence-corrected chi connectivity index (χ2v) is 3.24. The predicted molar refractivity (Wildman–Crippen MR) is 48.3 cm³/mol. The van der Waals surface area contributed by atoms with Crippen molar-refractivity contribution in [3.63, 3.8) is 0 Å². The molecule has 0 atom stereocenters. The van der Waals surface area contributed by atoms with Gasteiger partial charge in [-0.15, -0.1) is 0 Å². The van der Waals surface area contributed by atoms with Gasteiger partial charge in [0.2, 0.25) is 0 Å². The molecule has 0 saturated heterocycles. The number of rotatable bonds is 1. The number of fused-ring (bicyclic) bond motifs is 1. The van der Waals surface area contributed by atoms with Crippen molar-refractivity contribution in [3.05, 3.63) is 22.5 Å². The average Bonchev–Trinajstić information content (AvgIpc) is 2.20. The van der Waals surface area contributed by atoms with E-state index in [1.807, 2.05) is 0 Å². The molecule has 0 fully saturated rings. The molecule has 0 aliphatic carbocycles. The van der Waals surface area contributed by atoms with E-state index in [1.54, 1.807) is 0 Å². The van der Waals surface area contributed by atoms with Gasteiger partial charge < -0.3 is 14.6 Å². The van der Waals surface area contributed by atoms with Crippen LogP contribution in [0.4, 0.5) is 4.39 Å². The van der Waals surface area contributed by atoms with Crippen molar-refractivity contribution in [3.8, 4) is 11.5 Å². The summed E-state index contributed by atoms with van der Waals surface area (Å²) >= 11 is 5.61. The summed E-state index contributed by atoms with van der Waals surface area (Å²) in [6.07, 6.45) is 0. The number of ether oxygens (including phenoxy) is 2. The smallest absolute Gasteiger partial charge is 0.169 e. The standard InChI is InChI=1S/C9H8ClFO3/c10-6-3-7-9(14-2-1-13-7)5(4-12)8(6)11/h3,12H,1-2,4H2. The van der Waals surface area contributed by atoms with Crippen molar-refractivity contribution in [2.24, 2.45) is 0 Å². The number of hydrogen-bond donors (Lipinski definition) is 1. The largest absolute Gasteiger partial charge is 0.486 e. The topological polar surface area (TPSA) is 38.7 Å². The molecule has 0 amide bonds. The molecule has 14 heavy (non-hydrogen) atoms. The van der Waals surface area contributed by atoms with Crippen molar-refractivity contribution in [2.75, 3.05) is 13.2 Å². The van der Waals surface area contributed by atoms with Crippen LogP contribution in [0.3, 0.4) is 0 Å². The quantitative estimate of drug-likeness (QED) is 0.781. The third kappa shape index (κ3) is 1.40. The lowest BCUT2D eigenvalue weighted by Gasteiger charge is -2.21. The van der Waals surface area contributed by atoms with Gasteiger partial charge in [-0.3, -0.25) is 0 Å². The van der Waals surface area contributed by atoms with Gasteiger partial charge in [0.25, 0.3) is 0 Å². The van der Waals surface area contributed by atoms with Gasteiger partial charge >= 0.3 is 0 Å². The number of benzene rings is 1. The summed E-state index contributed by atoms with van der Waals surface area (Å²) in [5, 5.41) is 8.89. The van der Waals surface area contributed by atoms with Gasteiger partial charge in [0.1, 0.15) is 13.2 Å². The summed E-state index contributed by atoms with van der Waals surface area (Å²) in [6, 6.07) is 1.35. The molecule has 0 spiro atoms. The van der Waals surface area contributed by atoms with Crippen LogP contribution in [0.5, 0.6) is 11.5 Å². The first-order chi connectivity index (χ1) is 6.74. The molecule has 1 heterocycles. The highest BCUT2D eigenvalue weighted by Crippen LogP contribution is 2.39. The lowest BCUT2D eigenvalue weighted by molar-refractivity contribution is 0.163. The monoisotopic (exact) mass is 218 g/mol. The van der Waals surface area contributed by atoms with Gasteiger partial charge in [0.15, 0.2) is 17.3 Å². The number of aliphatic hydroxyl groups excluding tert-OH is 1. The van der Waals surface area contributed by atoms with Gasteiger partial charge in [0.05, 0.1) is 17.2 Å². The van der Waals surface area contributed by atoms with E-state index in [0.717, 1.165) is 0 Å². The summed E-state index contributed by atoms with van der Waals surface area (Å²) < 4.78 is 23.8. The van der Waals surface area contributed by atoms with Gasteiger partial charge in [0, 0.05) is 6.07 Å². The molecule has 0 aromatic heterocycles. The number of halogens is 2. The average molecular weight is 219 g/mol. The van der Waals surface area contributed by atoms with Crippen LogP contribution in [-0.2, 0) is 6.61 Å². The highest BCUT2D eigenvalue weighted by Gasteiger charge is 2.21. The minimum atomic E-state index is -0.654. The van der Waals surface area contributed by atoms with Crippen LogP contribution in [0.1, 0.15) is 5.56 Å². The van der Waals surface area contributed by atoms with E-state index < -0.39 is 12.4 Å². The molecule has 1 aromatic carbocycles. The molecule has 0 saturated carbocycles. The van der Waals surface area contributed by atoms with E-state index in [9.17, 15) is 4.39 Å². The van der Waals surface area contributed by atoms with E-state index in [2.05, 4.69) is 0 Å². The normalized spacial score (nSPS) is 14.2. The Bertz CT molecular complexity index is 368. The van der Waals surface area contributed by atoms with Crippen molar-refractivity contribution in [1.29, 1.82) is 0 Å². The van der Waals surface area contributed by atoms with Crippen LogP contribution in [0.2, 0.25) is 5.02 Å². The number of aliphatic hydroxyl groups is 1. The molecule has 1 aliphatic heterocycles. The molecule has 0 unspecified atom stereocenters. The summed E-state index contributed by atoms with van der Waals surface area (Å²) in [6.45, 7) is 0.291. The van der Waals surface area contributed by atoms with Crippen LogP contribution in [0.25, 0.3) is 0 Å². The van der Waals surface area contributed by atoms with Crippen LogP contribution >= 0.6 is 11.6 Å². The molecule has 2 rings (SSSR count). The van der Waals surface area contributed by atoms with Crippen LogP contribution < -0.4 is 9.47 Å². The fourth-order valence-corrected chi connectivity index (χ4v) is 1.55. The maximum Gasteiger partial charge on any atom is 0.169 e. The molecule has 76 valence electrons. The van der Waals surface area contributed by atoms with Gasteiger partial charge in [-0.1, -0.05) is 11.6 Å². The Kier molecular flexibility index (Phi) is 2.48. The molecular formula is C9H8ClFO3.